The summed E-state index contributed by atoms with van der Waals surface area (Å²) in [6.07, 6.45) is 0.258. The second-order valence-corrected chi connectivity index (χ2v) is 5.31. The molecule has 114 valence electrons. The van der Waals surface area contributed by atoms with Crippen LogP contribution in [0.25, 0.3) is 0 Å². The molecule has 0 heterocycles. The number of ether oxygens (including phenoxy) is 1. The third-order valence-corrected chi connectivity index (χ3v) is 3.88. The Morgan fingerprint density at radius 3 is 2.77 bits per heavy atom. The molecule has 2 aromatic carbocycles. The van der Waals surface area contributed by atoms with Crippen molar-refractivity contribution in [1.29, 1.82) is 0 Å². The Kier molecular flexibility index (Phi) is 4.09. The highest BCUT2D eigenvalue weighted by Gasteiger charge is 2.26. The van der Waals surface area contributed by atoms with Gasteiger partial charge in [0.25, 0.3) is 0 Å². The predicted molar refractivity (Wildman–Crippen MR) is 83.0 cm³/mol. The van der Waals surface area contributed by atoms with Crippen LogP contribution in [0.15, 0.2) is 48.5 Å². The number of hydrogen-bond acceptors (Lipinski definition) is 4. The summed E-state index contributed by atoms with van der Waals surface area (Å²) in [7, 11) is 0. The summed E-state index contributed by atoms with van der Waals surface area (Å²) in [6.45, 7) is 0.172. The van der Waals surface area contributed by atoms with Gasteiger partial charge in [0.2, 0.25) is 0 Å². The molecule has 0 bridgehead atoms. The van der Waals surface area contributed by atoms with Gasteiger partial charge in [-0.2, -0.15) is 0 Å². The Morgan fingerprint density at radius 1 is 1.23 bits per heavy atom. The molecule has 22 heavy (non-hydrogen) atoms. The maximum absolute atomic E-state index is 12.1. The molecule has 2 aromatic rings. The minimum atomic E-state index is -0.612. The largest absolute Gasteiger partial charge is 0.443 e. The Bertz CT molecular complexity index is 673. The molecule has 0 radical (unpaired) electrons. The number of carbonyl (C=O) groups is 1. The fourth-order valence-corrected chi connectivity index (χ4v) is 2.73. The number of hydrogen-bond donors (Lipinski definition) is 2. The Labute approximate surface area is 128 Å². The minimum Gasteiger partial charge on any atom is -0.443 e. The lowest BCUT2D eigenvalue weighted by atomic mass is 10.1. The van der Waals surface area contributed by atoms with Crippen LogP contribution in [0.5, 0.6) is 0 Å². The first-order valence-corrected chi connectivity index (χ1v) is 7.22. The van der Waals surface area contributed by atoms with Crippen molar-refractivity contribution in [3.63, 3.8) is 0 Å². The van der Waals surface area contributed by atoms with Crippen LogP contribution < -0.4 is 10.9 Å². The summed E-state index contributed by atoms with van der Waals surface area (Å²) < 4.78 is 5.23. The van der Waals surface area contributed by atoms with E-state index < -0.39 is 12.2 Å². The molecule has 5 heteroatoms. The first-order valence-electron chi connectivity index (χ1n) is 7.22. The Balaban J connectivity index is 1.72. The summed E-state index contributed by atoms with van der Waals surface area (Å²) >= 11 is 0. The zero-order chi connectivity index (χ0) is 15.5. The van der Waals surface area contributed by atoms with Gasteiger partial charge in [-0.1, -0.05) is 42.5 Å². The molecule has 3 N–H and O–H groups in total. The molecule has 0 aromatic heterocycles. The number of anilines is 1. The summed E-state index contributed by atoms with van der Waals surface area (Å²) in [5.74, 6) is 5.90. The van der Waals surface area contributed by atoms with Gasteiger partial charge in [-0.3, -0.25) is 0 Å². The molecule has 5 nitrogen and oxygen atoms in total. The van der Waals surface area contributed by atoms with Crippen molar-refractivity contribution in [1.82, 2.24) is 0 Å². The summed E-state index contributed by atoms with van der Waals surface area (Å²) in [5.41, 5.74) is 3.24. The molecule has 0 fully saturated rings. The van der Waals surface area contributed by atoms with Crippen LogP contribution in [-0.4, -0.2) is 11.2 Å². The zero-order valence-corrected chi connectivity index (χ0v) is 12.1. The lowest BCUT2D eigenvalue weighted by molar-refractivity contribution is 0.147. The molecule has 1 unspecified atom stereocenters. The summed E-state index contributed by atoms with van der Waals surface area (Å²) in [6, 6.07) is 14.8. The van der Waals surface area contributed by atoms with Crippen LogP contribution in [0.3, 0.4) is 0 Å². The van der Waals surface area contributed by atoms with Crippen molar-refractivity contribution in [2.45, 2.75) is 25.6 Å². The van der Waals surface area contributed by atoms with Crippen LogP contribution in [0.2, 0.25) is 0 Å². The van der Waals surface area contributed by atoms with Crippen LogP contribution >= 0.6 is 0 Å². The lowest BCUT2D eigenvalue weighted by Crippen LogP contribution is -2.38. The predicted octanol–water partition coefficient (Wildman–Crippen LogP) is 2.68. The SMILES string of the molecule is NN(C(=O)OCc1ccccc1)c1cccc2c1CCC2O. The smallest absolute Gasteiger partial charge is 0.429 e. The Morgan fingerprint density at radius 2 is 2.00 bits per heavy atom. The van der Waals surface area contributed by atoms with Crippen molar-refractivity contribution >= 4 is 11.8 Å². The van der Waals surface area contributed by atoms with Crippen molar-refractivity contribution in [3.05, 3.63) is 65.2 Å². The molecule has 0 saturated heterocycles. The van der Waals surface area contributed by atoms with Gasteiger partial charge < -0.3 is 9.84 Å². The van der Waals surface area contributed by atoms with E-state index in [0.717, 1.165) is 21.7 Å². The normalized spacial score (nSPS) is 16.2. The molecule has 1 amide bonds. The third-order valence-electron chi connectivity index (χ3n) is 3.88. The number of aliphatic hydroxyl groups excluding tert-OH is 1. The molecule has 3 rings (SSSR count). The van der Waals surface area contributed by atoms with Gasteiger partial charge in [0.1, 0.15) is 6.61 Å². The molecule has 0 aliphatic heterocycles. The highest BCUT2D eigenvalue weighted by molar-refractivity contribution is 5.87. The van der Waals surface area contributed by atoms with E-state index in [-0.39, 0.29) is 6.61 Å². The van der Waals surface area contributed by atoms with Crippen LogP contribution in [-0.2, 0) is 17.8 Å². The van der Waals surface area contributed by atoms with Gasteiger partial charge in [-0.15, -0.1) is 0 Å². The van der Waals surface area contributed by atoms with Crippen LogP contribution in [0.4, 0.5) is 10.5 Å². The van der Waals surface area contributed by atoms with Crippen molar-refractivity contribution in [3.8, 4) is 0 Å². The second-order valence-electron chi connectivity index (χ2n) is 5.31. The average molecular weight is 298 g/mol. The average Bonchev–Trinajstić information content (AvgIpc) is 2.94. The van der Waals surface area contributed by atoms with Crippen molar-refractivity contribution < 1.29 is 14.6 Å². The summed E-state index contributed by atoms with van der Waals surface area (Å²) in [4.78, 5) is 12.1. The number of fused-ring (bicyclic) bond motifs is 1. The lowest BCUT2D eigenvalue weighted by Gasteiger charge is -2.19. The first kappa shape index (κ1) is 14.6. The number of nitrogens with two attached hydrogens (primary N) is 1. The quantitative estimate of drug-likeness (QED) is 0.519. The fourth-order valence-electron chi connectivity index (χ4n) is 2.73. The minimum absolute atomic E-state index is 0.172. The van der Waals surface area contributed by atoms with E-state index in [9.17, 15) is 9.90 Å². The molecular weight excluding hydrogens is 280 g/mol. The number of hydrazine groups is 1. The standard InChI is InChI=1S/C17H18N2O3/c18-19(17(21)22-11-12-5-2-1-3-6-12)15-8-4-7-14-13(15)9-10-16(14)20/h1-8,16,20H,9-11,18H2. The van der Waals surface area contributed by atoms with Crippen molar-refractivity contribution in [2.24, 2.45) is 5.84 Å². The third kappa shape index (κ3) is 2.81. The van der Waals surface area contributed by atoms with E-state index in [1.54, 1.807) is 12.1 Å². The van der Waals surface area contributed by atoms with Gasteiger partial charge in [0.15, 0.2) is 0 Å². The van der Waals surface area contributed by atoms with E-state index in [2.05, 4.69) is 0 Å². The van der Waals surface area contributed by atoms with Gasteiger partial charge in [0, 0.05) is 0 Å². The van der Waals surface area contributed by atoms with Gasteiger partial charge >= 0.3 is 6.09 Å². The fraction of sp³-hybridized carbons (Fsp3) is 0.235. The number of benzene rings is 2. The number of nitrogens with zero attached hydrogens (tertiary/aromatic N) is 1. The molecular formula is C17H18N2O3. The molecule has 0 spiro atoms. The second kappa shape index (κ2) is 6.17. The number of carbonyl (C=O) groups excluding carboxylic acids is 1. The van der Waals surface area contributed by atoms with E-state index >= 15 is 0 Å². The highest BCUT2D eigenvalue weighted by Crippen LogP contribution is 2.36. The van der Waals surface area contributed by atoms with Crippen molar-refractivity contribution in [2.75, 3.05) is 5.01 Å². The number of rotatable bonds is 3. The topological polar surface area (TPSA) is 75.8 Å². The zero-order valence-electron chi connectivity index (χ0n) is 12.1. The van der Waals surface area contributed by atoms with E-state index in [0.29, 0.717) is 18.5 Å². The first-order chi connectivity index (χ1) is 10.7. The maximum Gasteiger partial charge on any atom is 0.429 e. The molecule has 1 atom stereocenters. The number of amides is 1. The maximum atomic E-state index is 12.1. The molecule has 1 aliphatic carbocycles. The monoisotopic (exact) mass is 298 g/mol. The summed E-state index contributed by atoms with van der Waals surface area (Å²) in [5, 5.41) is 10.9. The van der Waals surface area contributed by atoms with Crippen LogP contribution in [0.1, 0.15) is 29.2 Å². The Hall–Kier alpha value is -2.37. The van der Waals surface area contributed by atoms with Crippen LogP contribution in [0, 0.1) is 0 Å². The van der Waals surface area contributed by atoms with E-state index in [1.165, 1.54) is 0 Å². The molecule has 1 aliphatic rings. The molecule has 0 saturated carbocycles. The number of aliphatic hydroxyl groups is 1. The van der Waals surface area contributed by atoms with E-state index in [1.807, 2.05) is 36.4 Å². The van der Waals surface area contributed by atoms with Gasteiger partial charge in [0.05, 0.1) is 11.8 Å². The highest BCUT2D eigenvalue weighted by atomic mass is 16.6. The van der Waals surface area contributed by atoms with E-state index in [4.69, 9.17) is 10.6 Å². The van der Waals surface area contributed by atoms with Gasteiger partial charge in [-0.25, -0.2) is 15.6 Å². The van der Waals surface area contributed by atoms with Gasteiger partial charge in [-0.05, 0) is 35.6 Å².